The number of carbonyl (C=O) groups is 2. The summed E-state index contributed by atoms with van der Waals surface area (Å²) in [6.45, 7) is 5.59. The SMILES string of the molecule is C=CC(=O)NCCC#Cc1cccc2cc([C@H](C)NC(=O)c3c(N)nc4cccnn34)n(-c3ccccc3)c(=O)c12. The van der Waals surface area contributed by atoms with Crippen LogP contribution in [0.2, 0.25) is 0 Å². The number of anilines is 1. The van der Waals surface area contributed by atoms with Crippen molar-refractivity contribution >= 4 is 34.1 Å². The van der Waals surface area contributed by atoms with Gasteiger partial charge in [0, 0.05) is 36.1 Å². The fourth-order valence-electron chi connectivity index (χ4n) is 4.58. The summed E-state index contributed by atoms with van der Waals surface area (Å²) < 4.78 is 2.97. The number of rotatable bonds is 7. The van der Waals surface area contributed by atoms with Crippen LogP contribution in [-0.2, 0) is 4.79 Å². The van der Waals surface area contributed by atoms with Crippen LogP contribution in [0.5, 0.6) is 0 Å². The molecule has 10 heteroatoms. The Morgan fingerprint density at radius 2 is 1.93 bits per heavy atom. The van der Waals surface area contributed by atoms with Gasteiger partial charge in [0.25, 0.3) is 11.5 Å². The normalized spacial score (nSPS) is 11.4. The maximum Gasteiger partial charge on any atom is 0.274 e. The van der Waals surface area contributed by atoms with E-state index in [-0.39, 0.29) is 23.0 Å². The molecule has 10 nitrogen and oxygen atoms in total. The molecule has 204 valence electrons. The molecule has 0 aliphatic heterocycles. The van der Waals surface area contributed by atoms with Crippen LogP contribution in [0.1, 0.15) is 41.1 Å². The number of nitrogens with zero attached hydrogens (tertiary/aromatic N) is 4. The van der Waals surface area contributed by atoms with Crippen LogP contribution >= 0.6 is 0 Å². The van der Waals surface area contributed by atoms with Crippen LogP contribution < -0.4 is 21.9 Å². The summed E-state index contributed by atoms with van der Waals surface area (Å²) in [6.07, 6.45) is 3.16. The number of benzene rings is 2. The summed E-state index contributed by atoms with van der Waals surface area (Å²) in [6, 6.07) is 19.3. The zero-order valence-electron chi connectivity index (χ0n) is 22.3. The predicted octanol–water partition coefficient (Wildman–Crippen LogP) is 3.15. The number of hydrogen-bond acceptors (Lipinski definition) is 6. The summed E-state index contributed by atoms with van der Waals surface area (Å²) in [4.78, 5) is 43.1. The van der Waals surface area contributed by atoms with Gasteiger partial charge in [0.1, 0.15) is 0 Å². The Hall–Kier alpha value is -5.69. The standard InChI is InChI=1S/C31H27N7O3/c1-3-26(39)33-17-8-7-11-21-12-9-13-22-19-24(37(31(41)27(21)22)23-14-5-4-6-15-23)20(2)35-30(40)28-29(32)36-25-16-10-18-34-38(25)28/h3-6,9-10,12-16,18-20H,1,8,17,32H2,2H3,(H,33,39)(H,35,40)/t20-/m0/s1. The second-order valence-corrected chi connectivity index (χ2v) is 9.20. The van der Waals surface area contributed by atoms with E-state index in [1.165, 1.54) is 10.6 Å². The fraction of sp³-hybridized carbons (Fsp3) is 0.129. The Bertz CT molecular complexity index is 1910. The number of fused-ring (bicyclic) bond motifs is 2. The van der Waals surface area contributed by atoms with Crippen molar-refractivity contribution < 1.29 is 9.59 Å². The van der Waals surface area contributed by atoms with Gasteiger partial charge in [-0.15, -0.1) is 0 Å². The van der Waals surface area contributed by atoms with Crippen LogP contribution in [0.15, 0.2) is 90.4 Å². The van der Waals surface area contributed by atoms with Gasteiger partial charge in [0.05, 0.1) is 11.4 Å². The maximum atomic E-state index is 14.1. The molecule has 0 aliphatic carbocycles. The highest BCUT2D eigenvalue weighted by Gasteiger charge is 2.23. The van der Waals surface area contributed by atoms with Gasteiger partial charge in [-0.2, -0.15) is 5.10 Å². The van der Waals surface area contributed by atoms with Crippen LogP contribution in [-0.4, -0.2) is 37.5 Å². The average molecular weight is 546 g/mol. The highest BCUT2D eigenvalue weighted by Crippen LogP contribution is 2.24. The number of pyridine rings is 1. The molecule has 0 bridgehead atoms. The summed E-state index contributed by atoms with van der Waals surface area (Å²) in [5, 5.41) is 11.0. The number of para-hydroxylation sites is 1. The predicted molar refractivity (Wildman–Crippen MR) is 158 cm³/mol. The highest BCUT2D eigenvalue weighted by molar-refractivity contribution is 5.98. The lowest BCUT2D eigenvalue weighted by molar-refractivity contribution is -0.116. The lowest BCUT2D eigenvalue weighted by Crippen LogP contribution is -2.33. The third-order valence-corrected chi connectivity index (χ3v) is 6.47. The van der Waals surface area contributed by atoms with Gasteiger partial charge >= 0.3 is 0 Å². The fourth-order valence-corrected chi connectivity index (χ4v) is 4.58. The lowest BCUT2D eigenvalue weighted by Gasteiger charge is -2.21. The number of amides is 2. The topological polar surface area (TPSA) is 136 Å². The minimum absolute atomic E-state index is 0.0552. The van der Waals surface area contributed by atoms with Crippen LogP contribution in [0.25, 0.3) is 22.1 Å². The van der Waals surface area contributed by atoms with Gasteiger partial charge in [0.15, 0.2) is 17.2 Å². The molecular weight excluding hydrogens is 518 g/mol. The van der Waals surface area contributed by atoms with Crippen LogP contribution in [0, 0.1) is 11.8 Å². The van der Waals surface area contributed by atoms with Gasteiger partial charge in [-0.25, -0.2) is 9.50 Å². The second kappa shape index (κ2) is 11.6. The molecular formula is C31H27N7O3. The number of carbonyl (C=O) groups excluding carboxylic acids is 2. The van der Waals surface area contributed by atoms with E-state index < -0.39 is 11.9 Å². The number of aromatic nitrogens is 4. The highest BCUT2D eigenvalue weighted by atomic mass is 16.2. The summed E-state index contributed by atoms with van der Waals surface area (Å²) in [5.74, 6) is 5.42. The molecule has 3 aromatic heterocycles. The number of nitrogens with one attached hydrogen (secondary N) is 2. The summed E-state index contributed by atoms with van der Waals surface area (Å²) in [5.41, 5.74) is 8.13. The molecule has 2 amide bonds. The molecule has 0 radical (unpaired) electrons. The summed E-state index contributed by atoms with van der Waals surface area (Å²) >= 11 is 0. The van der Waals surface area contributed by atoms with Crippen molar-refractivity contribution in [3.8, 4) is 17.5 Å². The Kier molecular flexibility index (Phi) is 7.60. The zero-order valence-corrected chi connectivity index (χ0v) is 22.3. The van der Waals surface area contributed by atoms with Crippen molar-refractivity contribution in [3.63, 3.8) is 0 Å². The monoisotopic (exact) mass is 545 g/mol. The van der Waals surface area contributed by atoms with Crippen molar-refractivity contribution in [1.82, 2.24) is 29.8 Å². The van der Waals surface area contributed by atoms with Gasteiger partial charge < -0.3 is 16.4 Å². The summed E-state index contributed by atoms with van der Waals surface area (Å²) in [7, 11) is 0. The van der Waals surface area contributed by atoms with E-state index in [0.29, 0.717) is 46.3 Å². The molecule has 4 N–H and O–H groups in total. The quantitative estimate of drug-likeness (QED) is 0.163. The smallest absolute Gasteiger partial charge is 0.274 e. The first-order valence-electron chi connectivity index (χ1n) is 12.9. The van der Waals surface area contributed by atoms with E-state index in [1.807, 2.05) is 48.5 Å². The van der Waals surface area contributed by atoms with E-state index in [0.717, 1.165) is 0 Å². The largest absolute Gasteiger partial charge is 0.382 e. The number of nitrogen functional groups attached to an aromatic ring is 1. The maximum absolute atomic E-state index is 14.1. The first-order valence-corrected chi connectivity index (χ1v) is 12.9. The first kappa shape index (κ1) is 26.9. The number of hydrogen-bond donors (Lipinski definition) is 3. The zero-order chi connectivity index (χ0) is 28.9. The Labute approximate surface area is 235 Å². The van der Waals surface area contributed by atoms with Crippen molar-refractivity contribution in [2.45, 2.75) is 19.4 Å². The molecule has 1 atom stereocenters. The molecule has 41 heavy (non-hydrogen) atoms. The van der Waals surface area contributed by atoms with Gasteiger partial charge in [-0.3, -0.25) is 19.0 Å². The molecule has 0 saturated heterocycles. The molecule has 5 aromatic rings. The Morgan fingerprint density at radius 1 is 1.12 bits per heavy atom. The second-order valence-electron chi connectivity index (χ2n) is 9.20. The van der Waals surface area contributed by atoms with Gasteiger partial charge in [0.2, 0.25) is 5.91 Å². The van der Waals surface area contributed by atoms with Crippen molar-refractivity contribution in [2.75, 3.05) is 12.3 Å². The third kappa shape index (κ3) is 5.42. The molecule has 0 saturated carbocycles. The van der Waals surface area contributed by atoms with Crippen molar-refractivity contribution in [2.24, 2.45) is 0 Å². The van der Waals surface area contributed by atoms with E-state index in [4.69, 9.17) is 5.73 Å². The first-order chi connectivity index (χ1) is 19.9. The molecule has 0 fully saturated rings. The minimum atomic E-state index is -0.600. The van der Waals surface area contributed by atoms with Gasteiger partial charge in [-0.05, 0) is 54.8 Å². The lowest BCUT2D eigenvalue weighted by atomic mass is 10.0. The molecule has 0 unspecified atom stereocenters. The Balaban J connectivity index is 1.56. The molecule has 0 aliphatic rings. The van der Waals surface area contributed by atoms with E-state index in [2.05, 4.69) is 39.1 Å². The van der Waals surface area contributed by atoms with E-state index in [9.17, 15) is 14.4 Å². The number of nitrogens with two attached hydrogens (primary N) is 1. The molecule has 2 aromatic carbocycles. The van der Waals surface area contributed by atoms with Gasteiger partial charge in [-0.1, -0.05) is 48.8 Å². The van der Waals surface area contributed by atoms with E-state index >= 15 is 0 Å². The van der Waals surface area contributed by atoms with E-state index in [1.54, 1.807) is 35.9 Å². The number of imidazole rings is 1. The minimum Gasteiger partial charge on any atom is -0.382 e. The average Bonchev–Trinajstić information content (AvgIpc) is 3.32. The molecule has 0 spiro atoms. The van der Waals surface area contributed by atoms with Crippen molar-refractivity contribution in [1.29, 1.82) is 0 Å². The molecule has 5 rings (SSSR count). The van der Waals surface area contributed by atoms with Crippen molar-refractivity contribution in [3.05, 3.63) is 113 Å². The Morgan fingerprint density at radius 3 is 2.71 bits per heavy atom. The van der Waals surface area contributed by atoms with Crippen LogP contribution in [0.3, 0.4) is 0 Å². The third-order valence-electron chi connectivity index (χ3n) is 6.47. The van der Waals surface area contributed by atoms with Crippen LogP contribution in [0.4, 0.5) is 5.82 Å². The molecule has 3 heterocycles.